The minimum Gasteiger partial charge on any atom is -0.307 e. The SMILES string of the molecule is Cc1ccc(C#N)c(=O)n1Cc1ccc(F)cc1Br. The van der Waals surface area contributed by atoms with Crippen LogP contribution < -0.4 is 5.56 Å². The van der Waals surface area contributed by atoms with Crippen LogP contribution in [0.5, 0.6) is 0 Å². The average Bonchev–Trinajstić information content (AvgIpc) is 2.37. The van der Waals surface area contributed by atoms with E-state index in [0.29, 0.717) is 11.0 Å². The Morgan fingerprint density at radius 1 is 1.37 bits per heavy atom. The van der Waals surface area contributed by atoms with Gasteiger partial charge in [0.1, 0.15) is 17.4 Å². The molecule has 0 radical (unpaired) electrons. The lowest BCUT2D eigenvalue weighted by atomic mass is 10.2. The summed E-state index contributed by atoms with van der Waals surface area (Å²) in [5.74, 6) is -0.342. The van der Waals surface area contributed by atoms with Gasteiger partial charge < -0.3 is 4.57 Å². The van der Waals surface area contributed by atoms with Gasteiger partial charge in [-0.2, -0.15) is 5.26 Å². The van der Waals surface area contributed by atoms with Crippen LogP contribution in [0, 0.1) is 24.1 Å². The molecule has 0 aliphatic heterocycles. The van der Waals surface area contributed by atoms with Crippen LogP contribution >= 0.6 is 15.9 Å². The lowest BCUT2D eigenvalue weighted by molar-refractivity contribution is 0.624. The van der Waals surface area contributed by atoms with Crippen molar-refractivity contribution >= 4 is 15.9 Å². The predicted octanol–water partition coefficient (Wildman–Crippen LogP) is 2.98. The smallest absolute Gasteiger partial charge is 0.268 e. The Hall–Kier alpha value is -1.93. The molecule has 96 valence electrons. The molecule has 19 heavy (non-hydrogen) atoms. The van der Waals surface area contributed by atoms with Crippen LogP contribution in [0.4, 0.5) is 4.39 Å². The standard InChI is InChI=1S/C14H10BrFN2O/c1-9-2-3-10(7-17)14(19)18(9)8-11-4-5-12(16)6-13(11)15/h2-6H,8H2,1H3. The molecule has 0 saturated heterocycles. The van der Waals surface area contributed by atoms with E-state index in [-0.39, 0.29) is 16.9 Å². The Kier molecular flexibility index (Phi) is 3.82. The fourth-order valence-electron chi connectivity index (χ4n) is 1.77. The Bertz CT molecular complexity index is 731. The molecule has 2 rings (SSSR count). The van der Waals surface area contributed by atoms with Crippen molar-refractivity contribution in [2.45, 2.75) is 13.5 Å². The van der Waals surface area contributed by atoms with Crippen molar-refractivity contribution in [3.63, 3.8) is 0 Å². The number of rotatable bonds is 2. The molecule has 0 aliphatic carbocycles. The number of benzene rings is 1. The summed E-state index contributed by atoms with van der Waals surface area (Å²) in [5, 5.41) is 8.87. The molecule has 0 spiro atoms. The molecule has 3 nitrogen and oxygen atoms in total. The van der Waals surface area contributed by atoms with Crippen LogP contribution in [0.1, 0.15) is 16.8 Å². The summed E-state index contributed by atoms with van der Waals surface area (Å²) in [4.78, 5) is 12.1. The number of nitriles is 1. The van der Waals surface area contributed by atoms with Gasteiger partial charge in [-0.25, -0.2) is 4.39 Å². The molecule has 0 fully saturated rings. The fourth-order valence-corrected chi connectivity index (χ4v) is 2.25. The summed E-state index contributed by atoms with van der Waals surface area (Å²) in [6.45, 7) is 2.08. The van der Waals surface area contributed by atoms with Gasteiger partial charge in [0.25, 0.3) is 5.56 Å². The van der Waals surface area contributed by atoms with Gasteiger partial charge in [0.05, 0.1) is 6.54 Å². The third kappa shape index (κ3) is 2.74. The van der Waals surface area contributed by atoms with Gasteiger partial charge in [0.2, 0.25) is 0 Å². The predicted molar refractivity (Wildman–Crippen MR) is 73.4 cm³/mol. The van der Waals surface area contributed by atoms with Crippen molar-refractivity contribution in [2.24, 2.45) is 0 Å². The van der Waals surface area contributed by atoms with Crippen molar-refractivity contribution in [3.05, 3.63) is 67.8 Å². The first-order valence-corrected chi connectivity index (χ1v) is 6.36. The van der Waals surface area contributed by atoms with Crippen LogP contribution in [0.3, 0.4) is 0 Å². The zero-order chi connectivity index (χ0) is 14.0. The molecular formula is C14H10BrFN2O. The van der Waals surface area contributed by atoms with E-state index in [1.807, 2.05) is 6.07 Å². The maximum Gasteiger partial charge on any atom is 0.268 e. The number of hydrogen-bond acceptors (Lipinski definition) is 2. The topological polar surface area (TPSA) is 45.8 Å². The zero-order valence-electron chi connectivity index (χ0n) is 10.2. The molecule has 0 N–H and O–H groups in total. The second-order valence-electron chi connectivity index (χ2n) is 4.13. The van der Waals surface area contributed by atoms with Crippen LogP contribution in [-0.2, 0) is 6.54 Å². The average molecular weight is 321 g/mol. The molecule has 0 atom stereocenters. The molecule has 1 aromatic heterocycles. The number of halogens is 2. The van der Waals surface area contributed by atoms with Crippen molar-refractivity contribution < 1.29 is 4.39 Å². The van der Waals surface area contributed by atoms with Crippen molar-refractivity contribution in [1.29, 1.82) is 5.26 Å². The third-order valence-corrected chi connectivity index (χ3v) is 3.59. The van der Waals surface area contributed by atoms with Crippen molar-refractivity contribution in [3.8, 4) is 6.07 Å². The monoisotopic (exact) mass is 320 g/mol. The van der Waals surface area contributed by atoms with Gasteiger partial charge in [-0.3, -0.25) is 4.79 Å². The molecule has 5 heteroatoms. The minimum atomic E-state index is -0.342. The van der Waals surface area contributed by atoms with Crippen molar-refractivity contribution in [1.82, 2.24) is 4.57 Å². The Balaban J connectivity index is 2.50. The molecule has 0 saturated carbocycles. The highest BCUT2D eigenvalue weighted by atomic mass is 79.9. The van der Waals surface area contributed by atoms with Crippen LogP contribution in [0.15, 0.2) is 39.6 Å². The van der Waals surface area contributed by atoms with Gasteiger partial charge in [-0.05, 0) is 36.8 Å². The number of aromatic nitrogens is 1. The second kappa shape index (κ2) is 5.37. The molecule has 0 bridgehead atoms. The maximum absolute atomic E-state index is 13.0. The lowest BCUT2D eigenvalue weighted by Crippen LogP contribution is -2.25. The second-order valence-corrected chi connectivity index (χ2v) is 4.98. The summed E-state index contributed by atoms with van der Waals surface area (Å²) >= 11 is 3.27. The van der Waals surface area contributed by atoms with E-state index in [1.54, 1.807) is 19.1 Å². The fraction of sp³-hybridized carbons (Fsp3) is 0.143. The molecule has 0 aliphatic rings. The molecule has 1 aromatic carbocycles. The van der Waals surface area contributed by atoms with Gasteiger partial charge in [0.15, 0.2) is 0 Å². The third-order valence-electron chi connectivity index (χ3n) is 2.86. The normalized spacial score (nSPS) is 10.2. The number of hydrogen-bond donors (Lipinski definition) is 0. The van der Waals surface area contributed by atoms with E-state index < -0.39 is 0 Å². The van der Waals surface area contributed by atoms with E-state index in [0.717, 1.165) is 11.3 Å². The first kappa shape index (κ1) is 13.5. The Labute approximate surface area is 118 Å². The Morgan fingerprint density at radius 2 is 2.11 bits per heavy atom. The molecule has 0 unspecified atom stereocenters. The highest BCUT2D eigenvalue weighted by Crippen LogP contribution is 2.19. The van der Waals surface area contributed by atoms with E-state index in [2.05, 4.69) is 15.9 Å². The van der Waals surface area contributed by atoms with E-state index in [9.17, 15) is 9.18 Å². The Morgan fingerprint density at radius 3 is 2.74 bits per heavy atom. The molecule has 0 amide bonds. The summed E-state index contributed by atoms with van der Waals surface area (Å²) < 4.78 is 15.1. The van der Waals surface area contributed by atoms with Crippen molar-refractivity contribution in [2.75, 3.05) is 0 Å². The largest absolute Gasteiger partial charge is 0.307 e. The molecule has 2 aromatic rings. The summed E-state index contributed by atoms with van der Waals surface area (Å²) in [6.07, 6.45) is 0. The molecular weight excluding hydrogens is 311 g/mol. The van der Waals surface area contributed by atoms with Crippen LogP contribution in [-0.4, -0.2) is 4.57 Å². The van der Waals surface area contributed by atoms with E-state index in [4.69, 9.17) is 5.26 Å². The first-order valence-electron chi connectivity index (χ1n) is 5.57. The number of pyridine rings is 1. The van der Waals surface area contributed by atoms with Crippen LogP contribution in [0.25, 0.3) is 0 Å². The zero-order valence-corrected chi connectivity index (χ0v) is 11.7. The summed E-state index contributed by atoms with van der Waals surface area (Å²) in [5.41, 5.74) is 1.30. The van der Waals surface area contributed by atoms with Gasteiger partial charge in [0, 0.05) is 10.2 Å². The van der Waals surface area contributed by atoms with E-state index in [1.165, 1.54) is 22.8 Å². The highest BCUT2D eigenvalue weighted by molar-refractivity contribution is 9.10. The summed E-state index contributed by atoms with van der Waals surface area (Å²) in [7, 11) is 0. The highest BCUT2D eigenvalue weighted by Gasteiger charge is 2.08. The minimum absolute atomic E-state index is 0.101. The van der Waals surface area contributed by atoms with Gasteiger partial charge in [-0.15, -0.1) is 0 Å². The number of aryl methyl sites for hydroxylation is 1. The quantitative estimate of drug-likeness (QED) is 0.854. The number of nitrogens with zero attached hydrogens (tertiary/aromatic N) is 2. The molecule has 1 heterocycles. The summed E-state index contributed by atoms with van der Waals surface area (Å²) in [6, 6.07) is 9.40. The van der Waals surface area contributed by atoms with Crippen LogP contribution in [0.2, 0.25) is 0 Å². The first-order chi connectivity index (χ1) is 9.02. The van der Waals surface area contributed by atoms with E-state index >= 15 is 0 Å². The lowest BCUT2D eigenvalue weighted by Gasteiger charge is -2.11. The maximum atomic E-state index is 13.0. The van der Waals surface area contributed by atoms with Gasteiger partial charge >= 0.3 is 0 Å². The van der Waals surface area contributed by atoms with Gasteiger partial charge in [-0.1, -0.05) is 22.0 Å².